The maximum absolute atomic E-state index is 11.6. The number of nitrogens with two attached hydrogens (primary N) is 1. The van der Waals surface area contributed by atoms with Crippen LogP contribution in [0.2, 0.25) is 0 Å². The minimum absolute atomic E-state index is 0.236. The van der Waals surface area contributed by atoms with E-state index in [1.165, 1.54) is 11.8 Å². The zero-order chi connectivity index (χ0) is 11.4. The number of aromatic nitrogens is 2. The summed E-state index contributed by atoms with van der Waals surface area (Å²) in [6.07, 6.45) is 1.89. The van der Waals surface area contributed by atoms with Gasteiger partial charge in [0, 0.05) is 6.54 Å². The van der Waals surface area contributed by atoms with Crippen molar-refractivity contribution in [3.63, 3.8) is 0 Å². The third-order valence-electron chi connectivity index (χ3n) is 1.93. The molecule has 0 atom stereocenters. The molecule has 84 valence electrons. The Hall–Kier alpha value is -1.17. The molecule has 0 amide bonds. The Morgan fingerprint density at radius 2 is 2.27 bits per heavy atom. The summed E-state index contributed by atoms with van der Waals surface area (Å²) in [5.41, 5.74) is 6.03. The number of carbonyl (C=O) groups is 1. The highest BCUT2D eigenvalue weighted by Gasteiger charge is 2.21. The molecule has 0 fully saturated rings. The zero-order valence-electron chi connectivity index (χ0n) is 9.11. The van der Waals surface area contributed by atoms with Crippen LogP contribution in [-0.4, -0.2) is 28.4 Å². The molecule has 0 radical (unpaired) electrons. The molecule has 5 nitrogen and oxygen atoms in total. The molecule has 1 aromatic heterocycles. The molecule has 0 spiro atoms. The summed E-state index contributed by atoms with van der Waals surface area (Å²) in [6, 6.07) is 0. The van der Waals surface area contributed by atoms with Gasteiger partial charge < -0.3 is 15.0 Å². The fourth-order valence-corrected chi connectivity index (χ4v) is 1.94. The van der Waals surface area contributed by atoms with Crippen LogP contribution in [0.4, 0.5) is 5.82 Å². The van der Waals surface area contributed by atoms with E-state index in [0.717, 1.165) is 5.16 Å². The number of rotatable bonds is 4. The maximum Gasteiger partial charge on any atom is 0.358 e. The molecule has 1 rings (SSSR count). The fourth-order valence-electron chi connectivity index (χ4n) is 1.31. The van der Waals surface area contributed by atoms with Crippen molar-refractivity contribution in [1.29, 1.82) is 0 Å². The number of nitrogen functional groups attached to an aromatic ring is 1. The number of thioether (sulfide) groups is 1. The standard InChI is InChI=1S/C9H15N3O2S/c1-4-12-6(8(13)14-5-2)7(10)11-9(12)15-3/h4-5,10H2,1-3H3. The van der Waals surface area contributed by atoms with Crippen LogP contribution in [0.3, 0.4) is 0 Å². The van der Waals surface area contributed by atoms with E-state index >= 15 is 0 Å². The van der Waals surface area contributed by atoms with Crippen molar-refractivity contribution in [2.45, 2.75) is 25.5 Å². The molecular weight excluding hydrogens is 214 g/mol. The molecule has 0 bridgehead atoms. The molecule has 0 aromatic carbocycles. The van der Waals surface area contributed by atoms with Crippen LogP contribution in [0, 0.1) is 0 Å². The summed E-state index contributed by atoms with van der Waals surface area (Å²) < 4.78 is 6.68. The highest BCUT2D eigenvalue weighted by Crippen LogP contribution is 2.21. The minimum Gasteiger partial charge on any atom is -0.461 e. The topological polar surface area (TPSA) is 70.1 Å². The Balaban J connectivity index is 3.15. The van der Waals surface area contributed by atoms with Crippen molar-refractivity contribution in [2.75, 3.05) is 18.6 Å². The number of nitrogens with zero attached hydrogens (tertiary/aromatic N) is 2. The van der Waals surface area contributed by atoms with Crippen LogP contribution < -0.4 is 5.73 Å². The lowest BCUT2D eigenvalue weighted by Gasteiger charge is -2.06. The average molecular weight is 229 g/mol. The van der Waals surface area contributed by atoms with Gasteiger partial charge in [-0.3, -0.25) is 0 Å². The number of hydrogen-bond acceptors (Lipinski definition) is 5. The lowest BCUT2D eigenvalue weighted by Crippen LogP contribution is -2.13. The number of anilines is 1. The fraction of sp³-hybridized carbons (Fsp3) is 0.556. The monoisotopic (exact) mass is 229 g/mol. The van der Waals surface area contributed by atoms with Crippen molar-refractivity contribution in [2.24, 2.45) is 0 Å². The van der Waals surface area contributed by atoms with E-state index in [1.54, 1.807) is 11.5 Å². The predicted octanol–water partition coefficient (Wildman–Crippen LogP) is 1.38. The maximum atomic E-state index is 11.6. The quantitative estimate of drug-likeness (QED) is 0.624. The first-order valence-electron chi connectivity index (χ1n) is 4.72. The van der Waals surface area contributed by atoms with Crippen LogP contribution >= 0.6 is 11.8 Å². The first-order chi connectivity index (χ1) is 7.15. The SMILES string of the molecule is CCOC(=O)c1c(N)nc(SC)n1CC. The molecule has 1 heterocycles. The molecular formula is C9H15N3O2S. The predicted molar refractivity (Wildman–Crippen MR) is 60.1 cm³/mol. The van der Waals surface area contributed by atoms with Gasteiger partial charge in [0.05, 0.1) is 6.61 Å². The Labute approximate surface area is 93.0 Å². The normalized spacial score (nSPS) is 10.3. The first kappa shape index (κ1) is 11.9. The minimum atomic E-state index is -0.412. The van der Waals surface area contributed by atoms with Gasteiger partial charge in [-0.25, -0.2) is 9.78 Å². The largest absolute Gasteiger partial charge is 0.461 e. The second-order valence-corrected chi connectivity index (χ2v) is 3.57. The molecule has 2 N–H and O–H groups in total. The summed E-state index contributed by atoms with van der Waals surface area (Å²) in [5.74, 6) is -0.177. The van der Waals surface area contributed by atoms with Gasteiger partial charge >= 0.3 is 5.97 Å². The highest BCUT2D eigenvalue weighted by atomic mass is 32.2. The van der Waals surface area contributed by atoms with Crippen molar-refractivity contribution in [3.05, 3.63) is 5.69 Å². The lowest BCUT2D eigenvalue weighted by atomic mass is 10.4. The van der Waals surface area contributed by atoms with Crippen molar-refractivity contribution in [1.82, 2.24) is 9.55 Å². The van der Waals surface area contributed by atoms with Crippen molar-refractivity contribution in [3.8, 4) is 0 Å². The first-order valence-corrected chi connectivity index (χ1v) is 5.95. The molecule has 0 aliphatic carbocycles. The smallest absolute Gasteiger partial charge is 0.358 e. The molecule has 0 aliphatic rings. The molecule has 0 unspecified atom stereocenters. The summed E-state index contributed by atoms with van der Waals surface area (Å²) in [6.45, 7) is 4.68. The van der Waals surface area contributed by atoms with E-state index in [-0.39, 0.29) is 5.82 Å². The van der Waals surface area contributed by atoms with Gasteiger partial charge in [-0.05, 0) is 20.1 Å². The van der Waals surface area contributed by atoms with Gasteiger partial charge in [-0.1, -0.05) is 11.8 Å². The molecule has 0 saturated heterocycles. The van der Waals surface area contributed by atoms with Gasteiger partial charge in [0.15, 0.2) is 16.7 Å². The third kappa shape index (κ3) is 2.26. The third-order valence-corrected chi connectivity index (χ3v) is 2.60. The van der Waals surface area contributed by atoms with Crippen LogP contribution in [-0.2, 0) is 11.3 Å². The molecule has 1 aromatic rings. The number of ether oxygens (including phenoxy) is 1. The number of carbonyl (C=O) groups excluding carboxylic acids is 1. The average Bonchev–Trinajstić information content (AvgIpc) is 2.54. The number of esters is 1. The van der Waals surface area contributed by atoms with Gasteiger partial charge in [0.25, 0.3) is 0 Å². The van der Waals surface area contributed by atoms with Gasteiger partial charge in [0.2, 0.25) is 0 Å². The van der Waals surface area contributed by atoms with Gasteiger partial charge in [0.1, 0.15) is 0 Å². The lowest BCUT2D eigenvalue weighted by molar-refractivity contribution is 0.0514. The Morgan fingerprint density at radius 1 is 1.60 bits per heavy atom. The molecule has 0 aliphatic heterocycles. The van der Waals surface area contributed by atoms with Crippen LogP contribution in [0.25, 0.3) is 0 Å². The summed E-state index contributed by atoms with van der Waals surface area (Å²) >= 11 is 1.45. The van der Waals surface area contributed by atoms with E-state index in [4.69, 9.17) is 10.5 Å². The molecule has 15 heavy (non-hydrogen) atoms. The van der Waals surface area contributed by atoms with Crippen LogP contribution in [0.5, 0.6) is 0 Å². The molecule has 6 heteroatoms. The van der Waals surface area contributed by atoms with Crippen LogP contribution in [0.1, 0.15) is 24.3 Å². The van der Waals surface area contributed by atoms with Crippen molar-refractivity contribution < 1.29 is 9.53 Å². The summed E-state index contributed by atoms with van der Waals surface area (Å²) in [5, 5.41) is 0.734. The molecule has 0 saturated carbocycles. The Morgan fingerprint density at radius 3 is 2.73 bits per heavy atom. The van der Waals surface area contributed by atoms with E-state index in [2.05, 4.69) is 4.98 Å². The van der Waals surface area contributed by atoms with Gasteiger partial charge in [-0.15, -0.1) is 0 Å². The van der Waals surface area contributed by atoms with E-state index in [9.17, 15) is 4.79 Å². The second-order valence-electron chi connectivity index (χ2n) is 2.80. The summed E-state index contributed by atoms with van der Waals surface area (Å²) in [4.78, 5) is 15.7. The number of imidazole rings is 1. The Kier molecular flexibility index (Phi) is 4.02. The van der Waals surface area contributed by atoms with E-state index < -0.39 is 5.97 Å². The summed E-state index contributed by atoms with van der Waals surface area (Å²) in [7, 11) is 0. The second kappa shape index (κ2) is 5.06. The Bertz CT molecular complexity index is 362. The highest BCUT2D eigenvalue weighted by molar-refractivity contribution is 7.98. The van der Waals surface area contributed by atoms with E-state index in [0.29, 0.717) is 18.8 Å². The van der Waals surface area contributed by atoms with Crippen molar-refractivity contribution >= 4 is 23.5 Å². The number of hydrogen-bond donors (Lipinski definition) is 1. The van der Waals surface area contributed by atoms with Crippen LogP contribution in [0.15, 0.2) is 5.16 Å². The zero-order valence-corrected chi connectivity index (χ0v) is 9.93. The van der Waals surface area contributed by atoms with Gasteiger partial charge in [-0.2, -0.15) is 0 Å². The van der Waals surface area contributed by atoms with E-state index in [1.807, 2.05) is 13.2 Å².